The van der Waals surface area contributed by atoms with Crippen molar-refractivity contribution in [2.24, 2.45) is 0 Å². The van der Waals surface area contributed by atoms with Crippen molar-refractivity contribution in [1.82, 2.24) is 0 Å². The summed E-state index contributed by atoms with van der Waals surface area (Å²) in [5.41, 5.74) is 0. The smallest absolute Gasteiger partial charge is 0.128 e. The van der Waals surface area contributed by atoms with Gasteiger partial charge in [0, 0.05) is 6.42 Å². The number of aliphatic hydroxyl groups is 1. The first-order valence-corrected chi connectivity index (χ1v) is 3.53. The predicted octanol–water partition coefficient (Wildman–Crippen LogP) is 0.162. The Morgan fingerprint density at radius 2 is 1.90 bits per heavy atom. The van der Waals surface area contributed by atoms with Crippen molar-refractivity contribution in [2.75, 3.05) is 0 Å². The Labute approximate surface area is 58.5 Å². The van der Waals surface area contributed by atoms with Crippen LogP contribution in [0.25, 0.3) is 0 Å². The van der Waals surface area contributed by atoms with Gasteiger partial charge in [-0.3, -0.25) is 0 Å². The summed E-state index contributed by atoms with van der Waals surface area (Å²) in [5, 5.41) is 13.5. The van der Waals surface area contributed by atoms with Gasteiger partial charge in [-0.05, 0) is 12.8 Å². The molecule has 0 aromatic carbocycles. The van der Waals surface area contributed by atoms with Crippen LogP contribution < -0.4 is 0 Å². The monoisotopic (exact) mass is 146 g/mol. The molecule has 0 spiro atoms. The third-order valence-corrected chi connectivity index (χ3v) is 2.03. The van der Waals surface area contributed by atoms with Crippen LogP contribution in [-0.2, 0) is 14.8 Å². The van der Waals surface area contributed by atoms with E-state index in [1.165, 1.54) is 0 Å². The normalized spacial score (nSPS) is 47.1. The molecule has 0 aromatic rings. The highest BCUT2D eigenvalue weighted by Crippen LogP contribution is 2.28. The Morgan fingerprint density at radius 3 is 2.80 bits per heavy atom. The SMILES string of the molecule is OC1CCC2OOOC2C1. The number of aliphatic hydroxyl groups excluding tert-OH is 1. The van der Waals surface area contributed by atoms with Crippen LogP contribution in [0.2, 0.25) is 0 Å². The van der Waals surface area contributed by atoms with E-state index in [4.69, 9.17) is 14.9 Å². The van der Waals surface area contributed by atoms with E-state index in [1.54, 1.807) is 0 Å². The van der Waals surface area contributed by atoms with Gasteiger partial charge in [0.05, 0.1) is 6.10 Å². The second kappa shape index (κ2) is 2.47. The second-order valence-corrected chi connectivity index (χ2v) is 2.80. The molecule has 0 aromatic heterocycles. The zero-order chi connectivity index (χ0) is 6.97. The standard InChI is InChI=1S/C6H10O4/c7-4-1-2-5-6(3-4)9-10-8-5/h4-7H,1-3H2. The van der Waals surface area contributed by atoms with Crippen molar-refractivity contribution < 1.29 is 19.9 Å². The van der Waals surface area contributed by atoms with E-state index >= 15 is 0 Å². The Bertz CT molecular complexity index is 127. The second-order valence-electron chi connectivity index (χ2n) is 2.80. The van der Waals surface area contributed by atoms with Gasteiger partial charge in [-0.15, -0.1) is 0 Å². The molecule has 1 saturated carbocycles. The van der Waals surface area contributed by atoms with E-state index in [-0.39, 0.29) is 18.3 Å². The molecule has 0 bridgehead atoms. The summed E-state index contributed by atoms with van der Waals surface area (Å²) in [4.78, 5) is 9.52. The molecule has 1 aliphatic carbocycles. The Kier molecular flexibility index (Phi) is 1.61. The highest BCUT2D eigenvalue weighted by Gasteiger charge is 2.37. The van der Waals surface area contributed by atoms with Crippen LogP contribution in [0.3, 0.4) is 0 Å². The van der Waals surface area contributed by atoms with Crippen LogP contribution in [0.5, 0.6) is 0 Å². The minimum atomic E-state index is -0.244. The molecular weight excluding hydrogens is 136 g/mol. The Balaban J connectivity index is 1.96. The minimum Gasteiger partial charge on any atom is -0.393 e. The average Bonchev–Trinajstić information content (AvgIpc) is 2.33. The molecule has 0 amide bonds. The topological polar surface area (TPSA) is 47.9 Å². The van der Waals surface area contributed by atoms with E-state index in [9.17, 15) is 0 Å². The van der Waals surface area contributed by atoms with E-state index < -0.39 is 0 Å². The summed E-state index contributed by atoms with van der Waals surface area (Å²) in [6.45, 7) is 0. The first-order chi connectivity index (χ1) is 4.86. The maximum atomic E-state index is 9.17. The van der Waals surface area contributed by atoms with Gasteiger partial charge in [-0.25, -0.2) is 0 Å². The number of fused-ring (bicyclic) bond motifs is 1. The van der Waals surface area contributed by atoms with Crippen molar-refractivity contribution in [3.63, 3.8) is 0 Å². The molecular formula is C6H10O4. The van der Waals surface area contributed by atoms with Gasteiger partial charge < -0.3 is 5.11 Å². The molecule has 3 unspecified atom stereocenters. The molecule has 58 valence electrons. The van der Waals surface area contributed by atoms with Crippen molar-refractivity contribution in [1.29, 1.82) is 0 Å². The van der Waals surface area contributed by atoms with Crippen molar-refractivity contribution in [2.45, 2.75) is 37.6 Å². The van der Waals surface area contributed by atoms with Gasteiger partial charge in [-0.2, -0.15) is 9.78 Å². The highest BCUT2D eigenvalue weighted by atomic mass is 17.5. The number of hydrogen-bond acceptors (Lipinski definition) is 4. The van der Waals surface area contributed by atoms with Gasteiger partial charge >= 0.3 is 0 Å². The first kappa shape index (κ1) is 6.54. The van der Waals surface area contributed by atoms with Crippen LogP contribution in [0, 0.1) is 0 Å². The summed E-state index contributed by atoms with van der Waals surface area (Å²) in [7, 11) is 0. The lowest BCUT2D eigenvalue weighted by Gasteiger charge is -2.22. The van der Waals surface area contributed by atoms with Gasteiger partial charge in [0.1, 0.15) is 12.2 Å². The fourth-order valence-corrected chi connectivity index (χ4v) is 1.42. The van der Waals surface area contributed by atoms with Gasteiger partial charge in [-0.1, -0.05) is 5.04 Å². The molecule has 2 aliphatic rings. The molecule has 0 radical (unpaired) electrons. The predicted molar refractivity (Wildman–Crippen MR) is 30.7 cm³/mol. The van der Waals surface area contributed by atoms with Gasteiger partial charge in [0.2, 0.25) is 0 Å². The van der Waals surface area contributed by atoms with Crippen LogP contribution in [0.15, 0.2) is 0 Å². The van der Waals surface area contributed by atoms with E-state index in [2.05, 4.69) is 5.04 Å². The minimum absolute atomic E-state index is 0.0448. The maximum absolute atomic E-state index is 9.17. The molecule has 1 saturated heterocycles. The Morgan fingerprint density at radius 1 is 1.10 bits per heavy atom. The summed E-state index contributed by atoms with van der Waals surface area (Å²) >= 11 is 0. The van der Waals surface area contributed by atoms with Crippen molar-refractivity contribution in [3.8, 4) is 0 Å². The average molecular weight is 146 g/mol. The molecule has 4 heteroatoms. The third-order valence-electron chi connectivity index (χ3n) is 2.03. The zero-order valence-corrected chi connectivity index (χ0v) is 5.53. The van der Waals surface area contributed by atoms with E-state index in [0.29, 0.717) is 6.42 Å². The van der Waals surface area contributed by atoms with Gasteiger partial charge in [0.15, 0.2) is 0 Å². The van der Waals surface area contributed by atoms with Gasteiger partial charge in [0.25, 0.3) is 0 Å². The number of hydrogen-bond donors (Lipinski definition) is 1. The van der Waals surface area contributed by atoms with Crippen LogP contribution >= 0.6 is 0 Å². The lowest BCUT2D eigenvalue weighted by Crippen LogP contribution is -2.33. The molecule has 1 aliphatic heterocycles. The molecule has 2 fully saturated rings. The molecule has 4 nitrogen and oxygen atoms in total. The summed E-state index contributed by atoms with van der Waals surface area (Å²) in [6.07, 6.45) is 1.99. The molecule has 1 heterocycles. The van der Waals surface area contributed by atoms with E-state index in [1.807, 2.05) is 0 Å². The molecule has 10 heavy (non-hydrogen) atoms. The largest absolute Gasteiger partial charge is 0.393 e. The fraction of sp³-hybridized carbons (Fsp3) is 1.00. The van der Waals surface area contributed by atoms with E-state index in [0.717, 1.165) is 12.8 Å². The Hall–Kier alpha value is -0.160. The summed E-state index contributed by atoms with van der Waals surface area (Å²) in [6, 6.07) is 0. The first-order valence-electron chi connectivity index (χ1n) is 3.53. The van der Waals surface area contributed by atoms with Crippen molar-refractivity contribution in [3.05, 3.63) is 0 Å². The van der Waals surface area contributed by atoms with Crippen LogP contribution in [-0.4, -0.2) is 23.4 Å². The lowest BCUT2D eigenvalue weighted by molar-refractivity contribution is -0.465. The molecule has 3 atom stereocenters. The summed E-state index contributed by atoms with van der Waals surface area (Å²) in [5.74, 6) is 0. The fourth-order valence-electron chi connectivity index (χ4n) is 1.42. The number of rotatable bonds is 0. The van der Waals surface area contributed by atoms with Crippen LogP contribution in [0.4, 0.5) is 0 Å². The van der Waals surface area contributed by atoms with Crippen molar-refractivity contribution >= 4 is 0 Å². The zero-order valence-electron chi connectivity index (χ0n) is 5.53. The lowest BCUT2D eigenvalue weighted by atomic mass is 9.93. The molecule has 2 rings (SSSR count). The maximum Gasteiger partial charge on any atom is 0.128 e. The third kappa shape index (κ3) is 1.03. The highest BCUT2D eigenvalue weighted by molar-refractivity contribution is 4.80. The summed E-state index contributed by atoms with van der Waals surface area (Å²) < 4.78 is 0. The molecule has 1 N–H and O–H groups in total. The quantitative estimate of drug-likeness (QED) is 0.494. The van der Waals surface area contributed by atoms with Crippen LogP contribution in [0.1, 0.15) is 19.3 Å².